The largest absolute Gasteiger partial charge is 0.348 e. The monoisotopic (exact) mass is 265 g/mol. The molecule has 0 heterocycles. The van der Waals surface area contributed by atoms with Crippen LogP contribution in [-0.4, -0.2) is 24.6 Å². The van der Waals surface area contributed by atoms with E-state index >= 15 is 0 Å². The Bertz CT molecular complexity index is 487. The number of nitrogens with one attached hydrogen (secondary N) is 2. The Kier molecular flexibility index (Phi) is 5.66. The van der Waals surface area contributed by atoms with Crippen LogP contribution in [0, 0.1) is 11.7 Å². The Hall–Kier alpha value is -2.24. The number of carbonyl (C=O) groups excluding carboxylic acids is 2. The Morgan fingerprint density at radius 3 is 2.63 bits per heavy atom. The first-order valence-electron chi connectivity index (χ1n) is 5.86. The molecular formula is C13H16FN3O2. The number of benzene rings is 1. The molecule has 0 aromatic heterocycles. The van der Waals surface area contributed by atoms with Crippen LogP contribution in [0.15, 0.2) is 29.4 Å². The van der Waals surface area contributed by atoms with Crippen molar-refractivity contribution in [1.82, 2.24) is 10.7 Å². The number of amides is 2. The molecule has 0 atom stereocenters. The summed E-state index contributed by atoms with van der Waals surface area (Å²) in [6.07, 6.45) is 1.14. The Morgan fingerprint density at radius 1 is 1.32 bits per heavy atom. The van der Waals surface area contributed by atoms with Gasteiger partial charge in [-0.15, -0.1) is 0 Å². The standard InChI is InChI=1S/C13H16FN3O2/c1-9(2)7-15-12(18)13(19)17-16-8-10-5-3-4-6-11(10)14/h3-6,8-9H,7H2,1-2H3,(H,15,18)(H,17,19). The number of hydrogen-bond acceptors (Lipinski definition) is 3. The van der Waals surface area contributed by atoms with E-state index in [1.54, 1.807) is 12.1 Å². The zero-order valence-corrected chi connectivity index (χ0v) is 10.8. The van der Waals surface area contributed by atoms with Gasteiger partial charge in [-0.05, 0) is 12.0 Å². The van der Waals surface area contributed by atoms with E-state index in [-0.39, 0.29) is 11.5 Å². The van der Waals surface area contributed by atoms with E-state index < -0.39 is 17.6 Å². The van der Waals surface area contributed by atoms with Gasteiger partial charge in [-0.3, -0.25) is 9.59 Å². The summed E-state index contributed by atoms with van der Waals surface area (Å²) in [6.45, 7) is 4.23. The molecule has 0 saturated carbocycles. The number of nitrogens with zero attached hydrogens (tertiary/aromatic N) is 1. The molecule has 0 aliphatic rings. The van der Waals surface area contributed by atoms with E-state index in [0.717, 1.165) is 6.21 Å². The van der Waals surface area contributed by atoms with Crippen molar-refractivity contribution < 1.29 is 14.0 Å². The maximum Gasteiger partial charge on any atom is 0.329 e. The second-order valence-corrected chi connectivity index (χ2v) is 4.32. The van der Waals surface area contributed by atoms with Gasteiger partial charge in [0.2, 0.25) is 0 Å². The lowest BCUT2D eigenvalue weighted by atomic mass is 10.2. The summed E-state index contributed by atoms with van der Waals surface area (Å²) in [7, 11) is 0. The van der Waals surface area contributed by atoms with Crippen molar-refractivity contribution in [2.75, 3.05) is 6.54 Å². The van der Waals surface area contributed by atoms with Gasteiger partial charge in [-0.25, -0.2) is 9.82 Å². The van der Waals surface area contributed by atoms with Gasteiger partial charge in [-0.2, -0.15) is 5.10 Å². The van der Waals surface area contributed by atoms with Crippen molar-refractivity contribution in [2.24, 2.45) is 11.0 Å². The molecule has 0 unspecified atom stereocenters. The lowest BCUT2D eigenvalue weighted by Crippen LogP contribution is -2.39. The fourth-order valence-corrected chi connectivity index (χ4v) is 1.17. The zero-order chi connectivity index (χ0) is 14.3. The van der Waals surface area contributed by atoms with Crippen LogP contribution in [0.5, 0.6) is 0 Å². The molecule has 0 fully saturated rings. The molecule has 0 radical (unpaired) electrons. The maximum atomic E-state index is 13.2. The first kappa shape index (κ1) is 14.8. The quantitative estimate of drug-likeness (QED) is 0.485. The number of carbonyl (C=O) groups is 2. The van der Waals surface area contributed by atoms with Crippen molar-refractivity contribution >= 4 is 18.0 Å². The van der Waals surface area contributed by atoms with Crippen molar-refractivity contribution in [3.63, 3.8) is 0 Å². The molecule has 102 valence electrons. The topological polar surface area (TPSA) is 70.6 Å². The van der Waals surface area contributed by atoms with Crippen molar-refractivity contribution in [1.29, 1.82) is 0 Å². The third-order valence-corrected chi connectivity index (χ3v) is 2.15. The molecule has 2 amide bonds. The normalized spacial score (nSPS) is 10.7. The van der Waals surface area contributed by atoms with Crippen LogP contribution in [-0.2, 0) is 9.59 Å². The molecule has 1 rings (SSSR count). The predicted octanol–water partition coefficient (Wildman–Crippen LogP) is 1.05. The van der Waals surface area contributed by atoms with E-state index in [1.165, 1.54) is 12.1 Å². The lowest BCUT2D eigenvalue weighted by molar-refractivity contribution is -0.139. The predicted molar refractivity (Wildman–Crippen MR) is 70.0 cm³/mol. The van der Waals surface area contributed by atoms with Gasteiger partial charge in [0.25, 0.3) is 0 Å². The van der Waals surface area contributed by atoms with Gasteiger partial charge < -0.3 is 5.32 Å². The summed E-state index contributed by atoms with van der Waals surface area (Å²) in [5.41, 5.74) is 2.26. The van der Waals surface area contributed by atoms with E-state index in [0.29, 0.717) is 6.54 Å². The summed E-state index contributed by atoms with van der Waals surface area (Å²) >= 11 is 0. The number of halogens is 1. The van der Waals surface area contributed by atoms with E-state index in [4.69, 9.17) is 0 Å². The molecule has 1 aromatic carbocycles. The summed E-state index contributed by atoms with van der Waals surface area (Å²) in [4.78, 5) is 22.6. The zero-order valence-electron chi connectivity index (χ0n) is 10.8. The number of hydrazone groups is 1. The lowest BCUT2D eigenvalue weighted by Gasteiger charge is -2.05. The molecule has 0 bridgehead atoms. The van der Waals surface area contributed by atoms with Crippen LogP contribution in [0.4, 0.5) is 4.39 Å². The summed E-state index contributed by atoms with van der Waals surface area (Å²) in [6, 6.07) is 5.97. The molecule has 0 aliphatic heterocycles. The molecule has 0 spiro atoms. The minimum absolute atomic E-state index is 0.227. The fourth-order valence-electron chi connectivity index (χ4n) is 1.17. The Labute approximate surface area is 110 Å². The molecular weight excluding hydrogens is 249 g/mol. The molecule has 0 aliphatic carbocycles. The molecule has 0 saturated heterocycles. The van der Waals surface area contributed by atoms with Crippen molar-refractivity contribution in [2.45, 2.75) is 13.8 Å². The molecule has 19 heavy (non-hydrogen) atoms. The van der Waals surface area contributed by atoms with Crippen LogP contribution in [0.3, 0.4) is 0 Å². The van der Waals surface area contributed by atoms with Gasteiger partial charge in [0.1, 0.15) is 5.82 Å². The van der Waals surface area contributed by atoms with Crippen LogP contribution in [0.2, 0.25) is 0 Å². The summed E-state index contributed by atoms with van der Waals surface area (Å²) in [5.74, 6) is -1.85. The average Bonchev–Trinajstić information content (AvgIpc) is 2.38. The SMILES string of the molecule is CC(C)CNC(=O)C(=O)NN=Cc1ccccc1F. The molecule has 5 nitrogen and oxygen atoms in total. The van der Waals surface area contributed by atoms with Gasteiger partial charge in [-0.1, -0.05) is 32.0 Å². The van der Waals surface area contributed by atoms with E-state index in [1.807, 2.05) is 19.3 Å². The highest BCUT2D eigenvalue weighted by Gasteiger charge is 2.12. The van der Waals surface area contributed by atoms with Crippen LogP contribution in [0.1, 0.15) is 19.4 Å². The first-order chi connectivity index (χ1) is 9.00. The van der Waals surface area contributed by atoms with Gasteiger partial charge in [0, 0.05) is 12.1 Å². The number of hydrogen-bond donors (Lipinski definition) is 2. The van der Waals surface area contributed by atoms with Crippen LogP contribution in [0.25, 0.3) is 0 Å². The Balaban J connectivity index is 2.46. The minimum atomic E-state index is -0.881. The Morgan fingerprint density at radius 2 is 2.00 bits per heavy atom. The molecule has 2 N–H and O–H groups in total. The minimum Gasteiger partial charge on any atom is -0.348 e. The maximum absolute atomic E-state index is 13.2. The van der Waals surface area contributed by atoms with Crippen LogP contribution >= 0.6 is 0 Å². The van der Waals surface area contributed by atoms with Crippen LogP contribution < -0.4 is 10.7 Å². The average molecular weight is 265 g/mol. The third kappa shape index (κ3) is 5.29. The second-order valence-electron chi connectivity index (χ2n) is 4.32. The van der Waals surface area contributed by atoms with Gasteiger partial charge in [0.05, 0.1) is 6.21 Å². The van der Waals surface area contributed by atoms with Crippen molar-refractivity contribution in [3.05, 3.63) is 35.6 Å². The molecule has 6 heteroatoms. The first-order valence-corrected chi connectivity index (χ1v) is 5.86. The molecule has 1 aromatic rings. The highest BCUT2D eigenvalue weighted by Crippen LogP contribution is 2.02. The highest BCUT2D eigenvalue weighted by molar-refractivity contribution is 6.35. The summed E-state index contributed by atoms with van der Waals surface area (Å²) in [5, 5.41) is 5.97. The second kappa shape index (κ2) is 7.25. The smallest absolute Gasteiger partial charge is 0.329 e. The van der Waals surface area contributed by atoms with E-state index in [2.05, 4.69) is 10.4 Å². The number of rotatable bonds is 4. The third-order valence-electron chi connectivity index (χ3n) is 2.15. The summed E-state index contributed by atoms with van der Waals surface area (Å²) < 4.78 is 13.2. The van der Waals surface area contributed by atoms with Gasteiger partial charge >= 0.3 is 11.8 Å². The van der Waals surface area contributed by atoms with Crippen molar-refractivity contribution in [3.8, 4) is 0 Å². The highest BCUT2D eigenvalue weighted by atomic mass is 19.1. The van der Waals surface area contributed by atoms with Gasteiger partial charge in [0.15, 0.2) is 0 Å². The van der Waals surface area contributed by atoms with E-state index in [9.17, 15) is 14.0 Å². The fraction of sp³-hybridized carbons (Fsp3) is 0.308.